The summed E-state index contributed by atoms with van der Waals surface area (Å²) in [5.74, 6) is -0.950. The normalized spacial score (nSPS) is 16.8. The lowest BCUT2D eigenvalue weighted by atomic mass is 10.1. The summed E-state index contributed by atoms with van der Waals surface area (Å²) in [5, 5.41) is 2.76. The number of hydrogen-bond donors (Lipinski definition) is 2. The molecule has 5 rings (SSSR count). The average Bonchev–Trinajstić information content (AvgIpc) is 3.66. The van der Waals surface area contributed by atoms with Gasteiger partial charge in [-0.1, -0.05) is 6.07 Å². The van der Waals surface area contributed by atoms with Crippen LogP contribution in [0.4, 0.5) is 18.9 Å². The van der Waals surface area contributed by atoms with Gasteiger partial charge in [0, 0.05) is 44.3 Å². The molecule has 0 unspecified atom stereocenters. The fourth-order valence-corrected chi connectivity index (χ4v) is 4.28. The molecule has 3 heterocycles. The number of carbonyl (C=O) groups excluding carboxylic acids is 1. The minimum Gasteiger partial charge on any atom is -0.367 e. The van der Waals surface area contributed by atoms with Crippen LogP contribution in [0, 0.1) is 12.7 Å². The molecular formula is C24H25F3N6O2. The van der Waals surface area contributed by atoms with Crippen molar-refractivity contribution in [3.05, 3.63) is 63.1 Å². The molecule has 1 aliphatic carbocycles. The van der Waals surface area contributed by atoms with Crippen molar-refractivity contribution in [3.63, 3.8) is 0 Å². The number of aromatic nitrogens is 3. The van der Waals surface area contributed by atoms with Gasteiger partial charge in [0.05, 0.1) is 11.2 Å². The minimum atomic E-state index is -2.82. The maximum absolute atomic E-state index is 15.0. The highest BCUT2D eigenvalue weighted by Crippen LogP contribution is 2.30. The molecule has 2 aliphatic rings. The molecule has 2 fully saturated rings. The van der Waals surface area contributed by atoms with Crippen LogP contribution < -0.4 is 15.8 Å². The number of piperazine rings is 1. The number of halogens is 3. The number of H-pyrrole nitrogens is 1. The summed E-state index contributed by atoms with van der Waals surface area (Å²) in [4.78, 5) is 38.6. The van der Waals surface area contributed by atoms with E-state index in [0.29, 0.717) is 49.5 Å². The molecule has 8 nitrogen and oxygen atoms in total. The van der Waals surface area contributed by atoms with Crippen molar-refractivity contribution in [1.82, 2.24) is 25.2 Å². The maximum atomic E-state index is 15.0. The summed E-state index contributed by atoms with van der Waals surface area (Å²) in [6.45, 7) is 3.81. The van der Waals surface area contributed by atoms with Crippen LogP contribution in [-0.4, -0.2) is 58.0 Å². The molecule has 11 heteroatoms. The Morgan fingerprint density at radius 3 is 2.57 bits per heavy atom. The van der Waals surface area contributed by atoms with Gasteiger partial charge in [0.25, 0.3) is 17.9 Å². The molecule has 1 aromatic carbocycles. The number of anilines is 1. The lowest BCUT2D eigenvalue weighted by molar-refractivity contribution is 0.0944. The molecule has 0 bridgehead atoms. The molecule has 0 spiro atoms. The van der Waals surface area contributed by atoms with Crippen molar-refractivity contribution in [2.45, 2.75) is 38.8 Å². The first kappa shape index (κ1) is 23.3. The van der Waals surface area contributed by atoms with Crippen molar-refractivity contribution in [2.75, 3.05) is 31.1 Å². The first-order valence-electron chi connectivity index (χ1n) is 11.6. The smallest absolute Gasteiger partial charge is 0.282 e. The Hall–Kier alpha value is -3.47. The van der Waals surface area contributed by atoms with Gasteiger partial charge < -0.3 is 15.2 Å². The number of fused-ring (bicyclic) bond motifs is 1. The zero-order valence-electron chi connectivity index (χ0n) is 19.2. The van der Waals surface area contributed by atoms with Crippen LogP contribution >= 0.6 is 0 Å². The molecule has 2 aromatic heterocycles. The van der Waals surface area contributed by atoms with Crippen molar-refractivity contribution in [2.24, 2.45) is 0 Å². The van der Waals surface area contributed by atoms with Crippen LogP contribution in [0.25, 0.3) is 11.0 Å². The number of nitrogens with zero attached hydrogens (tertiary/aromatic N) is 4. The fraction of sp³-hybridized carbons (Fsp3) is 0.417. The molecule has 2 N–H and O–H groups in total. The summed E-state index contributed by atoms with van der Waals surface area (Å²) in [6.07, 6.45) is -1.02. The van der Waals surface area contributed by atoms with Gasteiger partial charge in [0.2, 0.25) is 0 Å². The highest BCUT2D eigenvalue weighted by molar-refractivity contribution is 5.93. The molecule has 0 radical (unpaired) electrons. The van der Waals surface area contributed by atoms with E-state index in [4.69, 9.17) is 0 Å². The Balaban J connectivity index is 1.28. The first-order chi connectivity index (χ1) is 16.8. The number of rotatable bonds is 6. The minimum absolute atomic E-state index is 0.0101. The Kier molecular flexibility index (Phi) is 6.18. The first-order valence-corrected chi connectivity index (χ1v) is 11.6. The van der Waals surface area contributed by atoms with Gasteiger partial charge in [-0.3, -0.25) is 14.5 Å². The number of carbonyl (C=O) groups is 1. The highest BCUT2D eigenvalue weighted by Gasteiger charge is 2.28. The molecule has 1 saturated carbocycles. The van der Waals surface area contributed by atoms with E-state index in [-0.39, 0.29) is 22.9 Å². The van der Waals surface area contributed by atoms with Crippen LogP contribution in [0.1, 0.15) is 46.7 Å². The van der Waals surface area contributed by atoms with Gasteiger partial charge in [-0.2, -0.15) is 0 Å². The lowest BCUT2D eigenvalue weighted by Crippen LogP contribution is -2.46. The van der Waals surface area contributed by atoms with E-state index in [2.05, 4.69) is 20.3 Å². The number of amides is 1. The Bertz CT molecular complexity index is 1330. The van der Waals surface area contributed by atoms with E-state index in [9.17, 15) is 18.4 Å². The van der Waals surface area contributed by atoms with Gasteiger partial charge in [0.1, 0.15) is 22.6 Å². The van der Waals surface area contributed by atoms with Gasteiger partial charge in [-0.15, -0.1) is 0 Å². The third-order valence-corrected chi connectivity index (χ3v) is 6.42. The molecule has 3 aromatic rings. The second-order valence-electron chi connectivity index (χ2n) is 9.00. The average molecular weight is 486 g/mol. The second-order valence-corrected chi connectivity index (χ2v) is 9.00. The third kappa shape index (κ3) is 4.86. The Morgan fingerprint density at radius 1 is 1.14 bits per heavy atom. The molecule has 1 saturated heterocycles. The summed E-state index contributed by atoms with van der Waals surface area (Å²) in [6, 6.07) is 6.44. The van der Waals surface area contributed by atoms with E-state index < -0.39 is 29.4 Å². The van der Waals surface area contributed by atoms with Crippen LogP contribution in [0.15, 0.2) is 29.1 Å². The Morgan fingerprint density at radius 2 is 1.89 bits per heavy atom. The zero-order valence-corrected chi connectivity index (χ0v) is 19.2. The molecule has 0 atom stereocenters. The summed E-state index contributed by atoms with van der Waals surface area (Å²) < 4.78 is 42.6. The molecule has 184 valence electrons. The van der Waals surface area contributed by atoms with E-state index in [1.807, 2.05) is 9.80 Å². The van der Waals surface area contributed by atoms with Gasteiger partial charge in [-0.25, -0.2) is 23.1 Å². The topological polar surface area (TPSA) is 94.2 Å². The second kappa shape index (κ2) is 9.29. The fourth-order valence-electron chi connectivity index (χ4n) is 4.28. The quantitative estimate of drug-likeness (QED) is 0.557. The number of aryl methyl sites for hydroxylation is 1. The van der Waals surface area contributed by atoms with Gasteiger partial charge in [0.15, 0.2) is 5.82 Å². The van der Waals surface area contributed by atoms with Crippen molar-refractivity contribution in [1.29, 1.82) is 0 Å². The molecule has 35 heavy (non-hydrogen) atoms. The summed E-state index contributed by atoms with van der Waals surface area (Å²) in [5.41, 5.74) is 0.617. The van der Waals surface area contributed by atoms with Crippen molar-refractivity contribution in [3.8, 4) is 0 Å². The summed E-state index contributed by atoms with van der Waals surface area (Å²) >= 11 is 0. The number of nitrogens with one attached hydrogen (secondary N) is 2. The highest BCUT2D eigenvalue weighted by atomic mass is 19.3. The maximum Gasteiger partial charge on any atom is 0.282 e. The monoisotopic (exact) mass is 486 g/mol. The van der Waals surface area contributed by atoms with Crippen LogP contribution in [-0.2, 0) is 6.54 Å². The van der Waals surface area contributed by atoms with Crippen molar-refractivity contribution >= 4 is 22.6 Å². The molecule has 1 amide bonds. The zero-order chi connectivity index (χ0) is 24.7. The van der Waals surface area contributed by atoms with Gasteiger partial charge in [-0.05, 0) is 38.0 Å². The number of pyridine rings is 1. The predicted octanol–water partition coefficient (Wildman–Crippen LogP) is 2.92. The largest absolute Gasteiger partial charge is 0.367 e. The standard InChI is InChI=1S/C24H25F3N6O2/c1-13-23(34)31-20-16(28-13)5-2-14(19(20)25)12-32-8-10-33(11-9-32)18-7-6-17(30-21(18)22(26)27)24(35)29-15-3-4-15/h2,5-7,15,22H,3-4,8-12H2,1H3,(H,29,35)(H,31,34). The van der Waals surface area contributed by atoms with Crippen LogP contribution in [0.2, 0.25) is 0 Å². The van der Waals surface area contributed by atoms with Crippen LogP contribution in [0.3, 0.4) is 0 Å². The lowest BCUT2D eigenvalue weighted by Gasteiger charge is -2.36. The number of hydrogen-bond acceptors (Lipinski definition) is 6. The summed E-state index contributed by atoms with van der Waals surface area (Å²) in [7, 11) is 0. The number of alkyl halides is 2. The number of aromatic amines is 1. The SMILES string of the molecule is Cc1nc2ccc(CN3CCN(c4ccc(C(=O)NC5CC5)nc4C(F)F)CC3)c(F)c2[nH]c1=O. The Labute approximate surface area is 199 Å². The van der Waals surface area contributed by atoms with Crippen molar-refractivity contribution < 1.29 is 18.0 Å². The van der Waals surface area contributed by atoms with E-state index in [1.54, 1.807) is 19.1 Å². The molecular weight excluding hydrogens is 461 g/mol. The van der Waals surface area contributed by atoms with Gasteiger partial charge >= 0.3 is 0 Å². The molecule has 1 aliphatic heterocycles. The van der Waals surface area contributed by atoms with E-state index in [1.165, 1.54) is 12.1 Å². The van der Waals surface area contributed by atoms with E-state index in [0.717, 1.165) is 12.8 Å². The third-order valence-electron chi connectivity index (χ3n) is 6.42. The van der Waals surface area contributed by atoms with Crippen LogP contribution in [0.5, 0.6) is 0 Å². The predicted molar refractivity (Wildman–Crippen MR) is 124 cm³/mol. The number of benzene rings is 1. The van der Waals surface area contributed by atoms with E-state index >= 15 is 4.39 Å².